The molecule has 0 saturated heterocycles. The lowest BCUT2D eigenvalue weighted by atomic mass is 10.1. The van der Waals surface area contributed by atoms with Gasteiger partial charge >= 0.3 is 6.18 Å². The van der Waals surface area contributed by atoms with E-state index in [1.54, 1.807) is 0 Å². The number of hydrogen-bond donors (Lipinski definition) is 1. The summed E-state index contributed by atoms with van der Waals surface area (Å²) in [6.45, 7) is 0.213. The summed E-state index contributed by atoms with van der Waals surface area (Å²) in [5, 5.41) is 0.0712. The highest BCUT2D eigenvalue weighted by Crippen LogP contribution is 2.32. The molecule has 6 heteroatoms. The highest BCUT2D eigenvalue weighted by molar-refractivity contribution is 6.31. The topological polar surface area (TPSA) is 35.2 Å². The number of hydrogen-bond acceptors (Lipinski definition) is 2. The first-order chi connectivity index (χ1) is 6.95. The van der Waals surface area contributed by atoms with Gasteiger partial charge in [0.1, 0.15) is 0 Å². The Bertz CT molecular complexity index is 341. The first kappa shape index (κ1) is 12.3. The molecular weight excluding hydrogens is 231 g/mol. The first-order valence-corrected chi connectivity index (χ1v) is 4.50. The van der Waals surface area contributed by atoms with Crippen molar-refractivity contribution in [1.82, 2.24) is 0 Å². The summed E-state index contributed by atoms with van der Waals surface area (Å²) in [5.74, 6) is 4.80. The first-order valence-electron chi connectivity index (χ1n) is 4.12. The maximum atomic E-state index is 12.2. The summed E-state index contributed by atoms with van der Waals surface area (Å²) in [5.41, 5.74) is -0.181. The predicted octanol–water partition coefficient (Wildman–Crippen LogP) is 2.79. The molecule has 15 heavy (non-hydrogen) atoms. The monoisotopic (exact) mass is 239 g/mol. The lowest BCUT2D eigenvalue weighted by Gasteiger charge is -2.09. The predicted molar refractivity (Wildman–Crippen MR) is 50.3 cm³/mol. The maximum Gasteiger partial charge on any atom is 0.416 e. The van der Waals surface area contributed by atoms with Gasteiger partial charge in [0, 0.05) is 5.02 Å². The maximum absolute atomic E-state index is 12.2. The molecule has 0 aliphatic carbocycles. The Hall–Kier alpha value is -0.780. The van der Waals surface area contributed by atoms with E-state index in [1.807, 2.05) is 0 Å². The van der Waals surface area contributed by atoms with Crippen LogP contribution in [-0.2, 0) is 17.4 Å². The fourth-order valence-corrected chi connectivity index (χ4v) is 1.37. The lowest BCUT2D eigenvalue weighted by molar-refractivity contribution is -0.137. The minimum Gasteiger partial charge on any atom is -0.304 e. The number of nitrogens with two attached hydrogens (primary N) is 1. The largest absolute Gasteiger partial charge is 0.416 e. The van der Waals surface area contributed by atoms with Gasteiger partial charge in [-0.15, -0.1) is 0 Å². The number of halogens is 4. The van der Waals surface area contributed by atoms with Gasteiger partial charge in [-0.3, -0.25) is 0 Å². The molecule has 0 atom stereocenters. The van der Waals surface area contributed by atoms with Gasteiger partial charge in [-0.1, -0.05) is 17.7 Å². The van der Waals surface area contributed by atoms with Gasteiger partial charge in [0.25, 0.3) is 0 Å². The van der Waals surface area contributed by atoms with E-state index in [9.17, 15) is 13.2 Å². The van der Waals surface area contributed by atoms with Gasteiger partial charge < -0.3 is 4.84 Å². The smallest absolute Gasteiger partial charge is 0.304 e. The average Bonchev–Trinajstić information content (AvgIpc) is 2.14. The van der Waals surface area contributed by atoms with Crippen LogP contribution in [0, 0.1) is 0 Å². The molecular formula is C9H9ClF3NO. The lowest BCUT2D eigenvalue weighted by Crippen LogP contribution is -2.07. The van der Waals surface area contributed by atoms with Crippen LogP contribution in [0.1, 0.15) is 11.1 Å². The van der Waals surface area contributed by atoms with Gasteiger partial charge in [0.2, 0.25) is 0 Å². The third-order valence-electron chi connectivity index (χ3n) is 1.87. The minimum atomic E-state index is -4.37. The molecule has 0 spiro atoms. The summed E-state index contributed by atoms with van der Waals surface area (Å²) < 4.78 is 36.7. The quantitative estimate of drug-likeness (QED) is 0.824. The molecule has 84 valence electrons. The van der Waals surface area contributed by atoms with Crippen LogP contribution in [0.2, 0.25) is 5.02 Å². The SMILES string of the molecule is NOCCc1ccc(C(F)(F)F)cc1Cl. The molecule has 0 aliphatic rings. The summed E-state index contributed by atoms with van der Waals surface area (Å²) in [4.78, 5) is 4.32. The Kier molecular flexibility index (Phi) is 3.96. The number of rotatable bonds is 3. The van der Waals surface area contributed by atoms with E-state index in [2.05, 4.69) is 4.84 Å². The van der Waals surface area contributed by atoms with Crippen molar-refractivity contribution >= 4 is 11.6 Å². The van der Waals surface area contributed by atoms with E-state index < -0.39 is 11.7 Å². The molecule has 0 aliphatic heterocycles. The molecule has 1 aromatic carbocycles. The standard InChI is InChI=1S/C9H9ClF3NO/c10-8-5-7(9(11,12)13)2-1-6(8)3-4-15-14/h1-2,5H,3-4,14H2. The van der Waals surface area contributed by atoms with Gasteiger partial charge in [-0.05, 0) is 24.1 Å². The van der Waals surface area contributed by atoms with Crippen LogP contribution in [0.4, 0.5) is 13.2 Å². The summed E-state index contributed by atoms with van der Waals surface area (Å²) >= 11 is 5.67. The van der Waals surface area contributed by atoms with E-state index in [0.29, 0.717) is 12.0 Å². The summed E-state index contributed by atoms with van der Waals surface area (Å²) in [6, 6.07) is 3.20. The Balaban J connectivity index is 2.88. The van der Waals surface area contributed by atoms with Crippen LogP contribution in [0.15, 0.2) is 18.2 Å². The van der Waals surface area contributed by atoms with E-state index in [-0.39, 0.29) is 11.6 Å². The van der Waals surface area contributed by atoms with Crippen molar-refractivity contribution in [2.24, 2.45) is 5.90 Å². The molecule has 1 aromatic rings. The molecule has 0 heterocycles. The molecule has 1 rings (SSSR count). The second-order valence-corrected chi connectivity index (χ2v) is 3.33. The molecule has 0 bridgehead atoms. The summed E-state index contributed by atoms with van der Waals surface area (Å²) in [6.07, 6.45) is -3.99. The van der Waals surface area contributed by atoms with E-state index in [4.69, 9.17) is 17.5 Å². The van der Waals surface area contributed by atoms with Crippen LogP contribution in [0.5, 0.6) is 0 Å². The van der Waals surface area contributed by atoms with Crippen molar-refractivity contribution in [2.75, 3.05) is 6.61 Å². The van der Waals surface area contributed by atoms with Crippen molar-refractivity contribution in [1.29, 1.82) is 0 Å². The van der Waals surface area contributed by atoms with Crippen LogP contribution < -0.4 is 5.90 Å². The van der Waals surface area contributed by atoms with Crippen molar-refractivity contribution in [3.05, 3.63) is 34.3 Å². The minimum absolute atomic E-state index is 0.0712. The van der Waals surface area contributed by atoms with Gasteiger partial charge in [0.15, 0.2) is 0 Å². The van der Waals surface area contributed by atoms with Crippen LogP contribution in [0.25, 0.3) is 0 Å². The Morgan fingerprint density at radius 3 is 2.47 bits per heavy atom. The highest BCUT2D eigenvalue weighted by atomic mass is 35.5. The fraction of sp³-hybridized carbons (Fsp3) is 0.333. The van der Waals surface area contributed by atoms with E-state index >= 15 is 0 Å². The number of alkyl halides is 3. The fourth-order valence-electron chi connectivity index (χ4n) is 1.10. The molecule has 0 fully saturated rings. The van der Waals surface area contributed by atoms with Gasteiger partial charge in [0.05, 0.1) is 12.2 Å². The zero-order valence-corrected chi connectivity index (χ0v) is 8.40. The van der Waals surface area contributed by atoms with Crippen molar-refractivity contribution < 1.29 is 18.0 Å². The van der Waals surface area contributed by atoms with Crippen molar-refractivity contribution in [2.45, 2.75) is 12.6 Å². The van der Waals surface area contributed by atoms with Crippen LogP contribution in [-0.4, -0.2) is 6.61 Å². The second-order valence-electron chi connectivity index (χ2n) is 2.92. The third-order valence-corrected chi connectivity index (χ3v) is 2.22. The van der Waals surface area contributed by atoms with Gasteiger partial charge in [-0.2, -0.15) is 13.2 Å². The zero-order valence-electron chi connectivity index (χ0n) is 7.64. The zero-order chi connectivity index (χ0) is 11.5. The summed E-state index contributed by atoms with van der Waals surface area (Å²) in [7, 11) is 0. The van der Waals surface area contributed by atoms with E-state index in [1.165, 1.54) is 6.07 Å². The third kappa shape index (κ3) is 3.37. The molecule has 2 nitrogen and oxygen atoms in total. The second kappa shape index (κ2) is 4.83. The van der Waals surface area contributed by atoms with E-state index in [0.717, 1.165) is 12.1 Å². The molecule has 0 radical (unpaired) electrons. The molecule has 0 unspecified atom stereocenters. The average molecular weight is 240 g/mol. The van der Waals surface area contributed by atoms with Crippen LogP contribution >= 0.6 is 11.6 Å². The Morgan fingerprint density at radius 2 is 2.00 bits per heavy atom. The van der Waals surface area contributed by atoms with Crippen LogP contribution in [0.3, 0.4) is 0 Å². The Labute approximate surface area is 89.7 Å². The normalized spacial score (nSPS) is 11.8. The highest BCUT2D eigenvalue weighted by Gasteiger charge is 2.30. The molecule has 0 amide bonds. The number of benzene rings is 1. The van der Waals surface area contributed by atoms with Gasteiger partial charge in [-0.25, -0.2) is 5.90 Å². The van der Waals surface area contributed by atoms with Crippen molar-refractivity contribution in [3.63, 3.8) is 0 Å². The Morgan fingerprint density at radius 1 is 1.33 bits per heavy atom. The van der Waals surface area contributed by atoms with Crippen molar-refractivity contribution in [3.8, 4) is 0 Å². The molecule has 0 saturated carbocycles. The molecule has 0 aromatic heterocycles. The molecule has 2 N–H and O–H groups in total.